The van der Waals surface area contributed by atoms with Crippen molar-refractivity contribution in [2.45, 2.75) is 65.1 Å². The third kappa shape index (κ3) is 6.78. The Balaban J connectivity index is 1.72. The number of aryl methyl sites for hydroxylation is 1. The molecule has 0 aliphatic carbocycles. The monoisotopic (exact) mass is 461 g/mol. The fraction of sp³-hybridized carbons (Fsp3) is 0.414. The van der Waals surface area contributed by atoms with Gasteiger partial charge in [0, 0.05) is 18.8 Å². The molecule has 3 nitrogen and oxygen atoms in total. The van der Waals surface area contributed by atoms with E-state index in [4.69, 9.17) is 4.43 Å². The molecule has 4 heteroatoms. The molecule has 0 fully saturated rings. The second kappa shape index (κ2) is 11.6. The van der Waals surface area contributed by atoms with Crippen LogP contribution in [0.15, 0.2) is 66.7 Å². The molecule has 33 heavy (non-hydrogen) atoms. The number of benzene rings is 3. The Bertz CT molecular complexity index is 1050. The minimum Gasteiger partial charge on any atom is -0.418 e. The molecule has 0 radical (unpaired) electrons. The molecule has 1 atom stereocenters. The zero-order valence-electron chi connectivity index (χ0n) is 20.9. The van der Waals surface area contributed by atoms with Crippen LogP contribution in [0.25, 0.3) is 10.8 Å². The van der Waals surface area contributed by atoms with Crippen molar-refractivity contribution in [1.82, 2.24) is 0 Å². The number of hydrogen-bond acceptors (Lipinski definition) is 2. The van der Waals surface area contributed by atoms with Crippen LogP contribution < -0.4 is 4.90 Å². The van der Waals surface area contributed by atoms with Crippen molar-refractivity contribution >= 4 is 30.7 Å². The highest BCUT2D eigenvalue weighted by Crippen LogP contribution is 2.27. The van der Waals surface area contributed by atoms with Gasteiger partial charge < -0.3 is 9.33 Å². The van der Waals surface area contributed by atoms with Crippen molar-refractivity contribution < 1.29 is 9.22 Å². The van der Waals surface area contributed by atoms with Crippen molar-refractivity contribution in [2.24, 2.45) is 0 Å². The van der Waals surface area contributed by atoms with Gasteiger partial charge in [-0.2, -0.15) is 0 Å². The summed E-state index contributed by atoms with van der Waals surface area (Å²) in [5.41, 5.74) is 3.41. The van der Waals surface area contributed by atoms with Crippen LogP contribution in [0.4, 0.5) is 5.69 Å². The summed E-state index contributed by atoms with van der Waals surface area (Å²) in [4.78, 5) is 15.3. The third-order valence-corrected chi connectivity index (χ3v) is 8.99. The fourth-order valence-corrected chi connectivity index (χ4v) is 6.45. The second-order valence-electron chi connectivity index (χ2n) is 9.53. The number of para-hydroxylation sites is 1. The Morgan fingerprint density at radius 3 is 2.36 bits per heavy atom. The molecule has 0 aliphatic rings. The number of rotatable bonds is 11. The van der Waals surface area contributed by atoms with Crippen LogP contribution in [-0.4, -0.2) is 27.4 Å². The van der Waals surface area contributed by atoms with Crippen molar-refractivity contribution in [3.05, 3.63) is 77.9 Å². The van der Waals surface area contributed by atoms with E-state index in [9.17, 15) is 4.79 Å². The van der Waals surface area contributed by atoms with E-state index in [-0.39, 0.29) is 11.8 Å². The Hall–Kier alpha value is -2.43. The first-order valence-corrected chi connectivity index (χ1v) is 15.5. The third-order valence-electron chi connectivity index (χ3n) is 6.36. The van der Waals surface area contributed by atoms with Crippen LogP contribution in [0.2, 0.25) is 19.1 Å². The summed E-state index contributed by atoms with van der Waals surface area (Å²) in [7, 11) is -1.52. The predicted octanol–water partition coefficient (Wildman–Crippen LogP) is 7.56. The summed E-state index contributed by atoms with van der Waals surface area (Å²) < 4.78 is 5.96. The van der Waals surface area contributed by atoms with Gasteiger partial charge in [0.05, 0.1) is 5.92 Å². The average molecular weight is 462 g/mol. The molecule has 0 unspecified atom stereocenters. The standard InChI is InChI=1S/C29H39NO2Si/c1-6-19-30(28-13-9-8-10-14-28)29(31)23(3)25-17-18-26-21-24(15-16-27(26)22-25)12-11-20-33(4,5)32-7-2/h8-10,13-18,21-23H,6-7,11-12,19-20H2,1-5H3/t23-/m0/s1. The molecule has 3 aromatic rings. The lowest BCUT2D eigenvalue weighted by Gasteiger charge is -2.26. The molecule has 176 valence electrons. The van der Waals surface area contributed by atoms with Crippen LogP contribution in [0.1, 0.15) is 50.7 Å². The number of nitrogens with zero attached hydrogens (tertiary/aromatic N) is 1. The molecule has 0 aromatic heterocycles. The van der Waals surface area contributed by atoms with Gasteiger partial charge in [0.25, 0.3) is 0 Å². The van der Waals surface area contributed by atoms with Crippen molar-refractivity contribution in [3.63, 3.8) is 0 Å². The van der Waals surface area contributed by atoms with Crippen molar-refractivity contribution in [2.75, 3.05) is 18.1 Å². The van der Waals surface area contributed by atoms with Gasteiger partial charge in [0.2, 0.25) is 5.91 Å². The van der Waals surface area contributed by atoms with E-state index in [0.29, 0.717) is 0 Å². The largest absolute Gasteiger partial charge is 0.418 e. The van der Waals surface area contributed by atoms with Gasteiger partial charge in [-0.3, -0.25) is 4.79 Å². The summed E-state index contributed by atoms with van der Waals surface area (Å²) in [5.74, 6) is -0.0355. The zero-order chi connectivity index (χ0) is 23.8. The first kappa shape index (κ1) is 25.2. The second-order valence-corrected chi connectivity index (χ2v) is 13.8. The lowest BCUT2D eigenvalue weighted by molar-refractivity contribution is -0.119. The molecule has 3 aromatic carbocycles. The maximum atomic E-state index is 13.4. The highest BCUT2D eigenvalue weighted by molar-refractivity contribution is 6.71. The number of hydrogen-bond donors (Lipinski definition) is 0. The maximum absolute atomic E-state index is 13.4. The number of amides is 1. The van der Waals surface area contributed by atoms with Crippen LogP contribution in [0, 0.1) is 0 Å². The Labute approximate surface area is 200 Å². The van der Waals surface area contributed by atoms with Crippen LogP contribution in [0.5, 0.6) is 0 Å². The summed E-state index contributed by atoms with van der Waals surface area (Å²) in [6, 6.07) is 24.4. The fourth-order valence-electron chi connectivity index (χ4n) is 4.49. The van der Waals surface area contributed by atoms with Crippen LogP contribution in [0.3, 0.4) is 0 Å². The smallest absolute Gasteiger partial charge is 0.234 e. The van der Waals surface area contributed by atoms with E-state index in [1.807, 2.05) is 42.2 Å². The molecule has 0 bridgehead atoms. The van der Waals surface area contributed by atoms with E-state index in [2.05, 4.69) is 63.3 Å². The Morgan fingerprint density at radius 2 is 1.67 bits per heavy atom. The highest BCUT2D eigenvalue weighted by Gasteiger charge is 2.23. The minimum absolute atomic E-state index is 0.153. The molecule has 3 rings (SSSR count). The van der Waals surface area contributed by atoms with Gasteiger partial charge in [-0.25, -0.2) is 0 Å². The number of fused-ring (bicyclic) bond motifs is 1. The molecular formula is C29H39NO2Si. The first-order valence-electron chi connectivity index (χ1n) is 12.4. The van der Waals surface area contributed by atoms with Gasteiger partial charge in [-0.1, -0.05) is 61.5 Å². The summed E-state index contributed by atoms with van der Waals surface area (Å²) in [6.07, 6.45) is 3.18. The predicted molar refractivity (Wildman–Crippen MR) is 144 cm³/mol. The van der Waals surface area contributed by atoms with Gasteiger partial charge in [0.1, 0.15) is 0 Å². The van der Waals surface area contributed by atoms with Crippen LogP contribution >= 0.6 is 0 Å². The molecule has 0 saturated heterocycles. The number of carbonyl (C=O) groups is 1. The van der Waals surface area contributed by atoms with Crippen LogP contribution in [-0.2, 0) is 15.6 Å². The average Bonchev–Trinajstić information content (AvgIpc) is 2.81. The zero-order valence-corrected chi connectivity index (χ0v) is 21.9. The normalized spacial score (nSPS) is 12.6. The van der Waals surface area contributed by atoms with E-state index in [1.165, 1.54) is 28.8 Å². The van der Waals surface area contributed by atoms with E-state index >= 15 is 0 Å². The molecule has 0 spiro atoms. The molecule has 0 aliphatic heterocycles. The summed E-state index contributed by atoms with van der Waals surface area (Å²) >= 11 is 0. The minimum atomic E-state index is -1.52. The molecule has 0 N–H and O–H groups in total. The summed E-state index contributed by atoms with van der Waals surface area (Å²) in [6.45, 7) is 12.4. The quantitative estimate of drug-likeness (QED) is 0.276. The van der Waals surface area contributed by atoms with E-state index < -0.39 is 8.32 Å². The van der Waals surface area contributed by atoms with Crippen molar-refractivity contribution in [3.8, 4) is 0 Å². The van der Waals surface area contributed by atoms with Gasteiger partial charge >= 0.3 is 0 Å². The molecule has 1 amide bonds. The lowest BCUT2D eigenvalue weighted by Crippen LogP contribution is -2.35. The van der Waals surface area contributed by atoms with Gasteiger partial charge in [0.15, 0.2) is 8.32 Å². The SMILES string of the molecule is CCCN(C(=O)[C@@H](C)c1ccc2cc(CCC[Si](C)(C)OCC)ccc2c1)c1ccccc1. The Kier molecular flexibility index (Phi) is 8.87. The highest BCUT2D eigenvalue weighted by atomic mass is 28.4. The number of carbonyl (C=O) groups excluding carboxylic acids is 1. The molecule has 0 heterocycles. The van der Waals surface area contributed by atoms with Gasteiger partial charge in [-0.05, 0) is 86.3 Å². The first-order chi connectivity index (χ1) is 15.8. The van der Waals surface area contributed by atoms with Crippen molar-refractivity contribution in [1.29, 1.82) is 0 Å². The summed E-state index contributed by atoms with van der Waals surface area (Å²) in [5, 5.41) is 2.44. The molecule has 0 saturated carbocycles. The topological polar surface area (TPSA) is 29.5 Å². The van der Waals surface area contributed by atoms with Gasteiger partial charge in [-0.15, -0.1) is 0 Å². The lowest BCUT2D eigenvalue weighted by atomic mass is 9.95. The maximum Gasteiger partial charge on any atom is 0.234 e. The number of anilines is 1. The Morgan fingerprint density at radius 1 is 0.970 bits per heavy atom. The molecular weight excluding hydrogens is 422 g/mol. The van der Waals surface area contributed by atoms with E-state index in [0.717, 1.165) is 37.2 Å². The van der Waals surface area contributed by atoms with E-state index in [1.54, 1.807) is 0 Å².